The highest BCUT2D eigenvalue weighted by Crippen LogP contribution is 2.40. The lowest BCUT2D eigenvalue weighted by molar-refractivity contribution is -0.107. The number of aromatic amines is 1. The zero-order valence-electron chi connectivity index (χ0n) is 22.2. The van der Waals surface area contributed by atoms with Gasteiger partial charge in [0.15, 0.2) is 0 Å². The lowest BCUT2D eigenvalue weighted by Crippen LogP contribution is -2.36. The first kappa shape index (κ1) is 27.1. The summed E-state index contributed by atoms with van der Waals surface area (Å²) in [6.45, 7) is 4.02. The van der Waals surface area contributed by atoms with Crippen LogP contribution in [0.3, 0.4) is 0 Å². The molecule has 0 saturated heterocycles. The van der Waals surface area contributed by atoms with Crippen molar-refractivity contribution in [2.45, 2.75) is 39.4 Å². The summed E-state index contributed by atoms with van der Waals surface area (Å²) in [5.41, 5.74) is 2.97. The molecule has 2 heterocycles. The minimum atomic E-state index is -4.67. The molecule has 5 rings (SSSR count). The fraction of sp³-hybridized carbons (Fsp3) is 0.267. The summed E-state index contributed by atoms with van der Waals surface area (Å²) in [5, 5.41) is 14.3. The molecule has 4 aromatic rings. The average Bonchev–Trinajstić information content (AvgIpc) is 3.61. The summed E-state index contributed by atoms with van der Waals surface area (Å²) < 4.78 is 43.4. The van der Waals surface area contributed by atoms with Crippen molar-refractivity contribution in [1.82, 2.24) is 30.4 Å². The fourth-order valence-electron chi connectivity index (χ4n) is 4.91. The Kier molecular flexibility index (Phi) is 7.68. The monoisotopic (exact) mass is 546 g/mol. The molecule has 1 aliphatic heterocycles. The van der Waals surface area contributed by atoms with Crippen molar-refractivity contribution < 1.29 is 18.0 Å². The van der Waals surface area contributed by atoms with E-state index < -0.39 is 17.8 Å². The van der Waals surface area contributed by atoms with Crippen molar-refractivity contribution in [3.8, 4) is 22.5 Å². The Hall–Kier alpha value is -4.47. The number of hydrogen-bond donors (Lipinski definition) is 1. The lowest BCUT2D eigenvalue weighted by atomic mass is 9.98. The molecule has 0 radical (unpaired) electrons. The topological polar surface area (TPSA) is 78.0 Å². The number of carbonyl (C=O) groups is 1. The summed E-state index contributed by atoms with van der Waals surface area (Å²) in [4.78, 5) is 15.8. The number of nitrogens with zero attached hydrogens (tertiary/aromatic N) is 5. The molecule has 1 N–H and O–H groups in total. The molecule has 1 aromatic heterocycles. The molecular weight excluding hydrogens is 517 g/mol. The summed E-state index contributed by atoms with van der Waals surface area (Å²) in [5.74, 6) is 0.0201. The number of halogens is 3. The van der Waals surface area contributed by atoms with Crippen LogP contribution in [0.2, 0.25) is 0 Å². The highest BCUT2D eigenvalue weighted by Gasteiger charge is 2.47. The largest absolute Gasteiger partial charge is 0.433 e. The van der Waals surface area contributed by atoms with Gasteiger partial charge in [-0.1, -0.05) is 80.6 Å². The van der Waals surface area contributed by atoms with Gasteiger partial charge in [-0.15, -0.1) is 10.2 Å². The number of nitrogens with one attached hydrogen (secondary N) is 1. The summed E-state index contributed by atoms with van der Waals surface area (Å²) >= 11 is 0. The third-order valence-electron chi connectivity index (χ3n) is 6.88. The van der Waals surface area contributed by atoms with Gasteiger partial charge in [-0.05, 0) is 52.8 Å². The zero-order chi connectivity index (χ0) is 28.3. The van der Waals surface area contributed by atoms with Gasteiger partial charge in [0.25, 0.3) is 5.91 Å². The lowest BCUT2D eigenvalue weighted by Gasteiger charge is -2.24. The van der Waals surface area contributed by atoms with Gasteiger partial charge in [0.1, 0.15) is 5.70 Å². The van der Waals surface area contributed by atoms with Crippen LogP contribution in [0.1, 0.15) is 42.6 Å². The van der Waals surface area contributed by atoms with E-state index in [2.05, 4.69) is 20.6 Å². The van der Waals surface area contributed by atoms with Crippen LogP contribution in [0.4, 0.5) is 13.2 Å². The van der Waals surface area contributed by atoms with Crippen molar-refractivity contribution in [3.05, 3.63) is 101 Å². The van der Waals surface area contributed by atoms with E-state index in [-0.39, 0.29) is 36.8 Å². The Balaban J connectivity index is 1.45. The van der Waals surface area contributed by atoms with Gasteiger partial charge in [-0.3, -0.25) is 9.69 Å². The van der Waals surface area contributed by atoms with Gasteiger partial charge < -0.3 is 4.90 Å². The van der Waals surface area contributed by atoms with Gasteiger partial charge in [-0.2, -0.15) is 18.4 Å². The molecule has 0 saturated carbocycles. The van der Waals surface area contributed by atoms with E-state index in [1.54, 1.807) is 23.1 Å². The van der Waals surface area contributed by atoms with Crippen molar-refractivity contribution in [2.75, 3.05) is 6.67 Å². The molecule has 3 aromatic carbocycles. The van der Waals surface area contributed by atoms with Gasteiger partial charge >= 0.3 is 6.18 Å². The standard InChI is InChI=1S/C30H29F3N6O/c1-20(2)12-17-26-27(30(31,32)33)39(29(40)23-8-4-3-5-9-23)19-38(26)18-21-13-15-22(16-14-21)24-10-6-7-11-25(24)28-34-36-37-35-28/h3-11,13-16,20H,12,17-19H2,1-2H3,(H,34,35,36,37). The molecule has 7 nitrogen and oxygen atoms in total. The van der Waals surface area contributed by atoms with Gasteiger partial charge in [0.2, 0.25) is 5.82 Å². The Bertz CT molecular complexity index is 1480. The van der Waals surface area contributed by atoms with Crippen LogP contribution >= 0.6 is 0 Å². The smallest absolute Gasteiger partial charge is 0.351 e. The summed E-state index contributed by atoms with van der Waals surface area (Å²) in [7, 11) is 0. The Morgan fingerprint density at radius 2 is 1.62 bits per heavy atom. The Morgan fingerprint density at radius 3 is 2.25 bits per heavy atom. The number of carbonyl (C=O) groups excluding carboxylic acids is 1. The highest BCUT2D eigenvalue weighted by molar-refractivity contribution is 5.95. The number of aromatic nitrogens is 4. The molecule has 0 aliphatic carbocycles. The molecule has 40 heavy (non-hydrogen) atoms. The second-order valence-electron chi connectivity index (χ2n) is 10.1. The second-order valence-corrected chi connectivity index (χ2v) is 10.1. The summed E-state index contributed by atoms with van der Waals surface area (Å²) in [6.07, 6.45) is -3.87. The van der Waals surface area contributed by atoms with Gasteiger partial charge in [-0.25, -0.2) is 0 Å². The third kappa shape index (κ3) is 5.75. The van der Waals surface area contributed by atoms with E-state index in [1.165, 1.54) is 12.1 Å². The second kappa shape index (κ2) is 11.3. The number of allylic oxidation sites excluding steroid dienone is 2. The maximum Gasteiger partial charge on any atom is 0.433 e. The predicted molar refractivity (Wildman–Crippen MR) is 145 cm³/mol. The minimum Gasteiger partial charge on any atom is -0.351 e. The van der Waals surface area contributed by atoms with E-state index in [0.29, 0.717) is 12.2 Å². The van der Waals surface area contributed by atoms with Crippen molar-refractivity contribution in [1.29, 1.82) is 0 Å². The van der Waals surface area contributed by atoms with Crippen LogP contribution in [0.25, 0.3) is 22.5 Å². The minimum absolute atomic E-state index is 0.150. The van der Waals surface area contributed by atoms with Crippen LogP contribution in [0, 0.1) is 5.92 Å². The van der Waals surface area contributed by atoms with Crippen molar-refractivity contribution >= 4 is 5.91 Å². The van der Waals surface area contributed by atoms with E-state index in [9.17, 15) is 18.0 Å². The quantitative estimate of drug-likeness (QED) is 0.267. The summed E-state index contributed by atoms with van der Waals surface area (Å²) in [6, 6.07) is 23.4. The molecule has 0 bridgehead atoms. The van der Waals surface area contributed by atoms with Gasteiger partial charge in [0, 0.05) is 23.4 Å². The SMILES string of the molecule is CC(C)CCC1=C(C(F)(F)F)N(C(=O)c2ccccc2)CN1Cc1ccc(-c2ccccc2-c2nn[nH]n2)cc1. The van der Waals surface area contributed by atoms with Gasteiger partial charge in [0.05, 0.1) is 6.67 Å². The molecule has 0 unspecified atom stereocenters. The first-order chi connectivity index (χ1) is 19.2. The van der Waals surface area contributed by atoms with E-state index in [4.69, 9.17) is 0 Å². The first-order valence-corrected chi connectivity index (χ1v) is 13.1. The predicted octanol–water partition coefficient (Wildman–Crippen LogP) is 6.66. The molecule has 0 fully saturated rings. The molecular formula is C30H29F3N6O. The highest BCUT2D eigenvalue weighted by atomic mass is 19.4. The number of alkyl halides is 3. The third-order valence-corrected chi connectivity index (χ3v) is 6.88. The maximum absolute atomic E-state index is 14.5. The molecule has 10 heteroatoms. The Labute approximate surface area is 230 Å². The van der Waals surface area contributed by atoms with E-state index >= 15 is 0 Å². The molecule has 0 spiro atoms. The fourth-order valence-corrected chi connectivity index (χ4v) is 4.91. The molecule has 206 valence electrons. The number of benzene rings is 3. The molecule has 1 amide bonds. The number of H-pyrrole nitrogens is 1. The normalized spacial score (nSPS) is 13.9. The number of amides is 1. The van der Waals surface area contributed by atoms with Crippen LogP contribution < -0.4 is 0 Å². The maximum atomic E-state index is 14.5. The van der Waals surface area contributed by atoms with Crippen LogP contribution in [-0.2, 0) is 6.54 Å². The number of rotatable bonds is 8. The molecule has 0 atom stereocenters. The average molecular weight is 547 g/mol. The first-order valence-electron chi connectivity index (χ1n) is 13.1. The van der Waals surface area contributed by atoms with Crippen LogP contribution in [-0.4, -0.2) is 49.2 Å². The van der Waals surface area contributed by atoms with Crippen LogP contribution in [0.5, 0.6) is 0 Å². The molecule has 1 aliphatic rings. The zero-order valence-corrected chi connectivity index (χ0v) is 22.2. The van der Waals surface area contributed by atoms with Crippen molar-refractivity contribution in [2.24, 2.45) is 5.92 Å². The Morgan fingerprint density at radius 1 is 0.950 bits per heavy atom. The van der Waals surface area contributed by atoms with Crippen LogP contribution in [0.15, 0.2) is 90.3 Å². The van der Waals surface area contributed by atoms with E-state index in [1.807, 2.05) is 62.4 Å². The van der Waals surface area contributed by atoms with Crippen molar-refractivity contribution in [3.63, 3.8) is 0 Å². The number of tetrazole rings is 1. The van der Waals surface area contributed by atoms with E-state index in [0.717, 1.165) is 27.2 Å². The number of hydrogen-bond acceptors (Lipinski definition) is 5.